The lowest BCUT2D eigenvalue weighted by Crippen LogP contribution is -2.29. The number of ketones is 1. The Balaban J connectivity index is 1.88. The van der Waals surface area contributed by atoms with Crippen LogP contribution in [0.2, 0.25) is 0 Å². The lowest BCUT2D eigenvalue weighted by atomic mass is 9.95. The normalized spacial score (nSPS) is 16.2. The van der Waals surface area contributed by atoms with Gasteiger partial charge in [-0.2, -0.15) is 0 Å². The van der Waals surface area contributed by atoms with Gasteiger partial charge in [0.15, 0.2) is 16.6 Å². The quantitative estimate of drug-likeness (QED) is 0.0967. The Morgan fingerprint density at radius 3 is 2.46 bits per heavy atom. The first-order valence-electron chi connectivity index (χ1n) is 13.2. The maximum absolute atomic E-state index is 13.6. The van der Waals surface area contributed by atoms with Crippen molar-refractivity contribution < 1.29 is 38.1 Å². The molecule has 1 aliphatic heterocycles. The van der Waals surface area contributed by atoms with Crippen LogP contribution in [0, 0.1) is 12.7 Å². The molecule has 1 amide bonds. The van der Waals surface area contributed by atoms with Crippen LogP contribution in [0.4, 0.5) is 9.52 Å². The summed E-state index contributed by atoms with van der Waals surface area (Å²) in [5.74, 6) is -2.63. The number of amides is 1. The van der Waals surface area contributed by atoms with E-state index in [0.717, 1.165) is 47.6 Å². The summed E-state index contributed by atoms with van der Waals surface area (Å²) >= 11 is 0.896. The van der Waals surface area contributed by atoms with Crippen molar-refractivity contribution in [1.82, 2.24) is 4.98 Å². The Labute approximate surface area is 241 Å². The van der Waals surface area contributed by atoms with Crippen molar-refractivity contribution in [3.8, 4) is 11.5 Å². The van der Waals surface area contributed by atoms with Gasteiger partial charge in [-0.15, -0.1) is 0 Å². The third-order valence-corrected chi connectivity index (χ3v) is 7.65. The van der Waals surface area contributed by atoms with E-state index in [1.807, 2.05) is 6.92 Å². The van der Waals surface area contributed by atoms with Crippen LogP contribution in [0.5, 0.6) is 11.5 Å². The molecular weight excluding hydrogens is 551 g/mol. The molecule has 11 heteroatoms. The summed E-state index contributed by atoms with van der Waals surface area (Å²) in [5, 5.41) is 11.4. The number of unbranched alkanes of at least 4 members (excludes halogenated alkanes) is 2. The van der Waals surface area contributed by atoms with Gasteiger partial charge in [0, 0.05) is 5.56 Å². The predicted molar refractivity (Wildman–Crippen MR) is 152 cm³/mol. The number of hydrogen-bond acceptors (Lipinski definition) is 9. The molecule has 4 rings (SSSR count). The third kappa shape index (κ3) is 6.09. The van der Waals surface area contributed by atoms with Crippen LogP contribution in [0.1, 0.15) is 65.6 Å². The second kappa shape index (κ2) is 12.9. The lowest BCUT2D eigenvalue weighted by Gasteiger charge is -2.24. The van der Waals surface area contributed by atoms with E-state index in [0.29, 0.717) is 36.0 Å². The molecule has 3 aromatic rings. The van der Waals surface area contributed by atoms with Crippen LogP contribution >= 0.6 is 11.3 Å². The highest BCUT2D eigenvalue weighted by atomic mass is 32.1. The number of aryl methyl sites for hydroxylation is 1. The molecule has 0 radical (unpaired) electrons. The number of aliphatic hydroxyl groups excluding tert-OH is 1. The number of aromatic nitrogens is 1. The average Bonchev–Trinajstić information content (AvgIpc) is 3.47. The van der Waals surface area contributed by atoms with Gasteiger partial charge in [-0.25, -0.2) is 14.2 Å². The highest BCUT2D eigenvalue weighted by Gasteiger charge is 2.48. The summed E-state index contributed by atoms with van der Waals surface area (Å²) in [6.45, 7) is 6.33. The van der Waals surface area contributed by atoms with E-state index < -0.39 is 35.3 Å². The largest absolute Gasteiger partial charge is 0.507 e. The molecule has 1 N–H and O–H groups in total. The fourth-order valence-electron chi connectivity index (χ4n) is 4.49. The average molecular weight is 583 g/mol. The van der Waals surface area contributed by atoms with Crippen LogP contribution < -0.4 is 14.4 Å². The highest BCUT2D eigenvalue weighted by molar-refractivity contribution is 7.17. The second-order valence-corrected chi connectivity index (χ2v) is 10.3. The number of halogens is 1. The number of anilines is 1. The molecule has 1 aliphatic rings. The van der Waals surface area contributed by atoms with Crippen molar-refractivity contribution in [2.75, 3.05) is 25.2 Å². The number of methoxy groups -OCH3 is 1. The molecule has 216 valence electrons. The number of Topliss-reactive ketones (excluding diaryl/α,β-unsaturated/α-hetero) is 1. The van der Waals surface area contributed by atoms with Crippen molar-refractivity contribution in [1.29, 1.82) is 0 Å². The van der Waals surface area contributed by atoms with Gasteiger partial charge >= 0.3 is 11.9 Å². The number of rotatable bonds is 11. The van der Waals surface area contributed by atoms with Crippen LogP contribution in [-0.2, 0) is 14.3 Å². The van der Waals surface area contributed by atoms with Gasteiger partial charge in [0.1, 0.15) is 16.5 Å². The van der Waals surface area contributed by atoms with E-state index in [2.05, 4.69) is 11.9 Å². The molecule has 2 aromatic carbocycles. The molecule has 0 spiro atoms. The number of hydrogen-bond donors (Lipinski definition) is 1. The van der Waals surface area contributed by atoms with Crippen LogP contribution in [0.15, 0.2) is 48.0 Å². The van der Waals surface area contributed by atoms with Crippen molar-refractivity contribution in [2.45, 2.75) is 46.1 Å². The molecule has 1 atom stereocenters. The molecular formula is C30H31FN2O7S. The zero-order chi connectivity index (χ0) is 29.7. The minimum atomic E-state index is -1.13. The van der Waals surface area contributed by atoms with Gasteiger partial charge < -0.3 is 19.3 Å². The first-order valence-corrected chi connectivity index (χ1v) is 14.1. The number of nitrogens with zero attached hydrogens (tertiary/aromatic N) is 2. The van der Waals surface area contributed by atoms with Gasteiger partial charge in [-0.05, 0) is 62.2 Å². The monoisotopic (exact) mass is 582 g/mol. The molecule has 0 aliphatic carbocycles. The summed E-state index contributed by atoms with van der Waals surface area (Å²) < 4.78 is 30.2. The number of benzene rings is 2. The lowest BCUT2D eigenvalue weighted by molar-refractivity contribution is -0.132. The van der Waals surface area contributed by atoms with E-state index in [-0.39, 0.29) is 21.1 Å². The van der Waals surface area contributed by atoms with E-state index in [1.54, 1.807) is 25.1 Å². The maximum atomic E-state index is 13.6. The van der Waals surface area contributed by atoms with E-state index in [9.17, 15) is 23.9 Å². The second-order valence-electron chi connectivity index (χ2n) is 9.27. The number of thiazole rings is 1. The molecule has 41 heavy (non-hydrogen) atoms. The van der Waals surface area contributed by atoms with Crippen LogP contribution in [0.25, 0.3) is 5.76 Å². The van der Waals surface area contributed by atoms with Gasteiger partial charge in [0.2, 0.25) is 0 Å². The molecule has 9 nitrogen and oxygen atoms in total. The van der Waals surface area contributed by atoms with Crippen molar-refractivity contribution in [2.24, 2.45) is 0 Å². The third-order valence-electron chi connectivity index (χ3n) is 6.51. The minimum absolute atomic E-state index is 0.0750. The summed E-state index contributed by atoms with van der Waals surface area (Å²) in [6.07, 6.45) is 2.93. The molecule has 2 heterocycles. The number of esters is 1. The Morgan fingerprint density at radius 2 is 1.80 bits per heavy atom. The molecule has 0 saturated carbocycles. The SMILES string of the molecule is CCCCCOc1ccc(C2/C(=C(\O)c3ccc(F)cc3)C(=O)C(=O)N2c2nc(C)c(C(=O)OC)s2)cc1OCC. The summed E-state index contributed by atoms with van der Waals surface area (Å²) in [4.78, 5) is 45.0. The first kappa shape index (κ1) is 29.7. The van der Waals surface area contributed by atoms with Crippen molar-refractivity contribution in [3.05, 3.63) is 75.6 Å². The number of aliphatic hydroxyl groups is 1. The smallest absolute Gasteiger partial charge is 0.350 e. The molecule has 1 fully saturated rings. The topological polar surface area (TPSA) is 115 Å². The molecule has 1 unspecified atom stereocenters. The highest BCUT2D eigenvalue weighted by Crippen LogP contribution is 2.45. The van der Waals surface area contributed by atoms with E-state index in [1.165, 1.54) is 19.2 Å². The summed E-state index contributed by atoms with van der Waals surface area (Å²) in [6, 6.07) is 8.81. The van der Waals surface area contributed by atoms with Gasteiger partial charge in [0.25, 0.3) is 5.78 Å². The van der Waals surface area contributed by atoms with Crippen LogP contribution in [-0.4, -0.2) is 48.1 Å². The Morgan fingerprint density at radius 1 is 1.07 bits per heavy atom. The molecule has 1 saturated heterocycles. The van der Waals surface area contributed by atoms with Gasteiger partial charge in [-0.1, -0.05) is 37.2 Å². The van der Waals surface area contributed by atoms with E-state index >= 15 is 0 Å². The molecule has 0 bridgehead atoms. The van der Waals surface area contributed by atoms with E-state index in [4.69, 9.17) is 14.2 Å². The van der Waals surface area contributed by atoms with Crippen molar-refractivity contribution >= 4 is 39.9 Å². The summed E-state index contributed by atoms with van der Waals surface area (Å²) in [5.41, 5.74) is 0.695. The standard InChI is InChI=1S/C30H31FN2O7S/c1-5-7-8-15-40-21-14-11-19(16-22(21)39-6-2)24-23(25(34)18-9-12-20(31)13-10-18)26(35)28(36)33(24)30-32-17(3)27(41-30)29(37)38-4/h9-14,16,24,34H,5-8,15H2,1-4H3/b25-23+. The van der Waals surface area contributed by atoms with Crippen molar-refractivity contribution in [3.63, 3.8) is 0 Å². The maximum Gasteiger partial charge on any atom is 0.350 e. The summed E-state index contributed by atoms with van der Waals surface area (Å²) in [7, 11) is 1.23. The zero-order valence-electron chi connectivity index (χ0n) is 23.2. The first-order chi connectivity index (χ1) is 19.7. The Hall–Kier alpha value is -4.25. The Bertz CT molecular complexity index is 1480. The number of carbonyl (C=O) groups excluding carboxylic acids is 3. The van der Waals surface area contributed by atoms with Gasteiger partial charge in [0.05, 0.1) is 37.6 Å². The van der Waals surface area contributed by atoms with Gasteiger partial charge in [-0.3, -0.25) is 14.5 Å². The van der Waals surface area contributed by atoms with Crippen LogP contribution in [0.3, 0.4) is 0 Å². The fraction of sp³-hybridized carbons (Fsp3) is 0.333. The minimum Gasteiger partial charge on any atom is -0.507 e. The number of carbonyl (C=O) groups is 3. The number of ether oxygens (including phenoxy) is 3. The Kier molecular flexibility index (Phi) is 9.38. The molecule has 1 aromatic heterocycles. The fourth-order valence-corrected chi connectivity index (χ4v) is 5.50. The zero-order valence-corrected chi connectivity index (χ0v) is 24.0. The predicted octanol–water partition coefficient (Wildman–Crippen LogP) is 5.97.